The molecule has 0 aromatic heterocycles. The summed E-state index contributed by atoms with van der Waals surface area (Å²) in [5, 5.41) is 6.13. The van der Waals surface area contributed by atoms with E-state index in [-0.39, 0.29) is 6.98 Å². The summed E-state index contributed by atoms with van der Waals surface area (Å²) in [4.78, 5) is 4.03. The smallest absolute Gasteiger partial charge is 0.333 e. The van der Waals surface area contributed by atoms with Crippen LogP contribution >= 0.6 is 0 Å². The molecule has 4 N–H and O–H groups in total. The Morgan fingerprint density at radius 1 is 1.54 bits per heavy atom. The van der Waals surface area contributed by atoms with E-state index in [1.807, 2.05) is 33.1 Å². The highest BCUT2D eigenvalue weighted by molar-refractivity contribution is 6.51. The lowest BCUT2D eigenvalue weighted by Crippen LogP contribution is -2.39. The molecule has 13 heavy (non-hydrogen) atoms. The molecular weight excluding hydrogens is 163 g/mol. The van der Waals surface area contributed by atoms with Gasteiger partial charge in [0, 0.05) is 12.4 Å². The Bertz CT molecular complexity index is 210. The number of rotatable bonds is 5. The number of allylic oxidation sites excluding steroid dienone is 2. The molecule has 0 fully saturated rings. The van der Waals surface area contributed by atoms with Crippen LogP contribution in [0.15, 0.2) is 29.2 Å². The Morgan fingerprint density at radius 2 is 2.23 bits per heavy atom. The first kappa shape index (κ1) is 11.8. The lowest BCUT2D eigenvalue weighted by atomic mass is 9.82. The van der Waals surface area contributed by atoms with Crippen LogP contribution in [0, 0.1) is 0 Å². The van der Waals surface area contributed by atoms with Gasteiger partial charge in [-0.2, -0.15) is 0 Å². The number of nitrogens with zero attached hydrogens (tertiary/aromatic N) is 1. The molecule has 0 saturated carbocycles. The Hall–Kier alpha value is -1.23. The summed E-state index contributed by atoms with van der Waals surface area (Å²) in [6.45, 7) is 4.12. The Morgan fingerprint density at radius 3 is 2.77 bits per heavy atom. The first-order chi connectivity index (χ1) is 6.20. The predicted octanol–water partition coefficient (Wildman–Crippen LogP) is 0.318. The molecule has 0 radical (unpaired) electrons. The van der Waals surface area contributed by atoms with Crippen LogP contribution in [0.4, 0.5) is 0 Å². The van der Waals surface area contributed by atoms with Crippen LogP contribution in [0.25, 0.3) is 0 Å². The molecule has 0 aliphatic carbocycles. The highest BCUT2D eigenvalue weighted by atomic mass is 14.9. The Balaban J connectivity index is 3.69. The van der Waals surface area contributed by atoms with Crippen molar-refractivity contribution in [3.63, 3.8) is 0 Å². The van der Waals surface area contributed by atoms with Crippen molar-refractivity contribution >= 4 is 13.2 Å². The molecule has 0 aromatic carbocycles. The zero-order valence-electron chi connectivity index (χ0n) is 8.41. The van der Waals surface area contributed by atoms with Crippen molar-refractivity contribution in [1.29, 1.82) is 0 Å². The van der Waals surface area contributed by atoms with Gasteiger partial charge >= 0.3 is 6.98 Å². The minimum Gasteiger partial charge on any atom is -0.421 e. The maximum Gasteiger partial charge on any atom is 0.333 e. The maximum absolute atomic E-state index is 5.23. The molecule has 0 spiro atoms. The summed E-state index contributed by atoms with van der Waals surface area (Å²) in [5.41, 5.74) is 6.03. The minimum atomic E-state index is 0.260. The molecule has 4 nitrogen and oxygen atoms in total. The van der Waals surface area contributed by atoms with Gasteiger partial charge in [0.25, 0.3) is 0 Å². The van der Waals surface area contributed by atoms with Gasteiger partial charge in [0.1, 0.15) is 0 Å². The van der Waals surface area contributed by atoms with Gasteiger partial charge in [-0.05, 0) is 33.1 Å². The number of nitrogens with one attached hydrogen (secondary N) is 2. The zero-order chi connectivity index (χ0) is 10.1. The molecule has 72 valence electrons. The molecule has 0 atom stereocenters. The van der Waals surface area contributed by atoms with Gasteiger partial charge in [0.2, 0.25) is 0 Å². The SMILES string of the molecule is CNB(C)N\C=C/C=N/C(C)=C\N. The maximum atomic E-state index is 5.23. The molecule has 0 rings (SSSR count). The van der Waals surface area contributed by atoms with Crippen LogP contribution in [-0.2, 0) is 0 Å². The Labute approximate surface area is 80.1 Å². The third-order valence-electron chi connectivity index (χ3n) is 1.48. The first-order valence-electron chi connectivity index (χ1n) is 4.21. The average molecular weight is 180 g/mol. The van der Waals surface area contributed by atoms with E-state index in [4.69, 9.17) is 5.73 Å². The van der Waals surface area contributed by atoms with E-state index < -0.39 is 0 Å². The molecule has 0 aliphatic rings. The van der Waals surface area contributed by atoms with Gasteiger partial charge < -0.3 is 16.2 Å². The van der Waals surface area contributed by atoms with Crippen LogP contribution in [0.5, 0.6) is 0 Å². The largest absolute Gasteiger partial charge is 0.421 e. The molecular formula is C8H17BN4. The number of hydrogen-bond donors (Lipinski definition) is 3. The highest BCUT2D eigenvalue weighted by Gasteiger charge is 1.96. The zero-order valence-corrected chi connectivity index (χ0v) is 8.41. The monoisotopic (exact) mass is 180 g/mol. The van der Waals surface area contributed by atoms with E-state index in [9.17, 15) is 0 Å². The third kappa shape index (κ3) is 7.15. The molecule has 0 aliphatic heterocycles. The van der Waals surface area contributed by atoms with E-state index in [1.54, 1.807) is 6.21 Å². The van der Waals surface area contributed by atoms with Crippen molar-refractivity contribution in [2.24, 2.45) is 10.7 Å². The Kier molecular flexibility index (Phi) is 6.73. The van der Waals surface area contributed by atoms with Gasteiger partial charge in [-0.3, -0.25) is 4.99 Å². The standard InChI is InChI=1S/C8H17BN4/c1-8(7-10)12-5-4-6-13-9(2)11-3/h4-7,11,13H,10H2,1-3H3/b6-4-,8-7-,12-5+. The van der Waals surface area contributed by atoms with E-state index in [0.717, 1.165) is 5.70 Å². The van der Waals surface area contributed by atoms with E-state index in [1.165, 1.54) is 6.20 Å². The fraction of sp³-hybridized carbons (Fsp3) is 0.375. The third-order valence-corrected chi connectivity index (χ3v) is 1.48. The second-order valence-corrected chi connectivity index (χ2v) is 2.62. The lowest BCUT2D eigenvalue weighted by molar-refractivity contribution is 1.12. The predicted molar refractivity (Wildman–Crippen MR) is 59.4 cm³/mol. The highest BCUT2D eigenvalue weighted by Crippen LogP contribution is 1.87. The normalized spacial score (nSPS) is 12.7. The topological polar surface area (TPSA) is 62.4 Å². The second-order valence-electron chi connectivity index (χ2n) is 2.62. The van der Waals surface area contributed by atoms with Crippen molar-refractivity contribution < 1.29 is 0 Å². The molecule has 5 heteroatoms. The van der Waals surface area contributed by atoms with E-state index >= 15 is 0 Å². The molecule has 0 bridgehead atoms. The van der Waals surface area contributed by atoms with Gasteiger partial charge in [-0.25, -0.2) is 0 Å². The van der Waals surface area contributed by atoms with Crippen LogP contribution in [0.1, 0.15) is 6.92 Å². The summed E-state index contributed by atoms with van der Waals surface area (Å²) >= 11 is 0. The van der Waals surface area contributed by atoms with Crippen molar-refractivity contribution in [2.45, 2.75) is 13.7 Å². The second kappa shape index (κ2) is 7.43. The fourth-order valence-corrected chi connectivity index (χ4v) is 0.530. The molecule has 0 amide bonds. The van der Waals surface area contributed by atoms with Crippen LogP contribution < -0.4 is 16.2 Å². The molecule has 0 aromatic rings. The summed E-state index contributed by atoms with van der Waals surface area (Å²) < 4.78 is 0. The van der Waals surface area contributed by atoms with E-state index in [2.05, 4.69) is 15.4 Å². The number of aliphatic imine (C=N–C) groups is 1. The van der Waals surface area contributed by atoms with Gasteiger partial charge in [0.15, 0.2) is 0 Å². The summed E-state index contributed by atoms with van der Waals surface area (Å²) in [7, 11) is 1.89. The van der Waals surface area contributed by atoms with Crippen LogP contribution in [0.3, 0.4) is 0 Å². The summed E-state index contributed by atoms with van der Waals surface area (Å²) in [6, 6.07) is 0. The number of hydrogen-bond acceptors (Lipinski definition) is 4. The average Bonchev–Trinajstić information content (AvgIpc) is 2.16. The summed E-state index contributed by atoms with van der Waals surface area (Å²) in [6.07, 6.45) is 6.80. The quantitative estimate of drug-likeness (QED) is 0.421. The van der Waals surface area contributed by atoms with Gasteiger partial charge in [0.05, 0.1) is 5.70 Å². The van der Waals surface area contributed by atoms with E-state index in [0.29, 0.717) is 0 Å². The molecule has 0 unspecified atom stereocenters. The minimum absolute atomic E-state index is 0.260. The number of nitrogens with two attached hydrogens (primary N) is 1. The lowest BCUT2D eigenvalue weighted by Gasteiger charge is -2.02. The van der Waals surface area contributed by atoms with Gasteiger partial charge in [-0.15, -0.1) is 0 Å². The molecule has 0 saturated heterocycles. The van der Waals surface area contributed by atoms with Crippen LogP contribution in [-0.4, -0.2) is 20.2 Å². The first-order valence-corrected chi connectivity index (χ1v) is 4.21. The van der Waals surface area contributed by atoms with Gasteiger partial charge in [-0.1, -0.05) is 0 Å². The fourth-order valence-electron chi connectivity index (χ4n) is 0.530. The van der Waals surface area contributed by atoms with Crippen molar-refractivity contribution in [1.82, 2.24) is 10.5 Å². The van der Waals surface area contributed by atoms with Crippen LogP contribution in [0.2, 0.25) is 6.82 Å². The molecule has 0 heterocycles. The van der Waals surface area contributed by atoms with Crippen molar-refractivity contribution in [2.75, 3.05) is 7.05 Å². The van der Waals surface area contributed by atoms with Crippen molar-refractivity contribution in [3.8, 4) is 0 Å². The van der Waals surface area contributed by atoms with Crippen molar-refractivity contribution in [3.05, 3.63) is 24.2 Å². The summed E-state index contributed by atoms with van der Waals surface area (Å²) in [5.74, 6) is 0.